The summed E-state index contributed by atoms with van der Waals surface area (Å²) in [7, 11) is 0. The van der Waals surface area contributed by atoms with Crippen LogP contribution in [0.2, 0.25) is 0 Å². The minimum Gasteiger partial charge on any atom is -0.461 e. The van der Waals surface area contributed by atoms with E-state index >= 15 is 0 Å². The van der Waals surface area contributed by atoms with Gasteiger partial charge in [-0.1, -0.05) is 19.8 Å². The van der Waals surface area contributed by atoms with Gasteiger partial charge in [0.2, 0.25) is 0 Å². The molecule has 3 nitrogen and oxygen atoms in total. The van der Waals surface area contributed by atoms with E-state index in [1.54, 1.807) is 0 Å². The molecule has 0 aromatic carbocycles. The Kier molecular flexibility index (Phi) is 2.88. The van der Waals surface area contributed by atoms with E-state index in [0.29, 0.717) is 6.42 Å². The van der Waals surface area contributed by atoms with Crippen LogP contribution >= 0.6 is 0 Å². The maximum atomic E-state index is 10.8. The summed E-state index contributed by atoms with van der Waals surface area (Å²) in [6.45, 7) is 2.12. The minimum atomic E-state index is -0.364. The molecule has 1 heterocycles. The molecule has 3 heteroatoms. The van der Waals surface area contributed by atoms with Crippen molar-refractivity contribution in [2.75, 3.05) is 0 Å². The molecule has 1 aliphatic heterocycles. The van der Waals surface area contributed by atoms with Crippen LogP contribution in [0, 0.1) is 0 Å². The second-order valence-corrected chi connectivity index (χ2v) is 3.04. The van der Waals surface area contributed by atoms with E-state index in [1.807, 2.05) is 0 Å². The van der Waals surface area contributed by atoms with E-state index in [2.05, 4.69) is 6.92 Å². The van der Waals surface area contributed by atoms with E-state index in [1.165, 1.54) is 0 Å². The summed E-state index contributed by atoms with van der Waals surface area (Å²) in [6.07, 6.45) is 4.03. The van der Waals surface area contributed by atoms with Crippen molar-refractivity contribution in [3.63, 3.8) is 0 Å². The second-order valence-electron chi connectivity index (χ2n) is 3.04. The van der Waals surface area contributed by atoms with Gasteiger partial charge in [-0.05, 0) is 6.42 Å². The molecule has 0 radical (unpaired) electrons. The predicted octanol–water partition coefficient (Wildman–Crippen LogP) is 0.819. The highest BCUT2D eigenvalue weighted by atomic mass is 16.6. The summed E-state index contributed by atoms with van der Waals surface area (Å²) in [5.74, 6) is -0.230. The van der Waals surface area contributed by atoms with Crippen LogP contribution in [0.4, 0.5) is 0 Å². The summed E-state index contributed by atoms with van der Waals surface area (Å²) < 4.78 is 5.01. The molecule has 1 rings (SSSR count). The number of hydrogen-bond acceptors (Lipinski definition) is 3. The molecule has 2 atom stereocenters. The lowest BCUT2D eigenvalue weighted by atomic mass is 10.1. The molecule has 11 heavy (non-hydrogen) atoms. The summed E-state index contributed by atoms with van der Waals surface area (Å²) in [4.78, 5) is 10.8. The number of carbonyl (C=O) groups excluding carboxylic acids is 1. The Morgan fingerprint density at radius 2 is 2.45 bits per heavy atom. The number of unbranched alkanes of at least 4 members (excludes halogenated alkanes) is 1. The van der Waals surface area contributed by atoms with Gasteiger partial charge in [-0.25, -0.2) is 0 Å². The average Bonchev–Trinajstić information content (AvgIpc) is 2.28. The molecule has 1 fully saturated rings. The third kappa shape index (κ3) is 2.19. The number of hydrogen-bond donors (Lipinski definition) is 1. The van der Waals surface area contributed by atoms with Crippen LogP contribution in [-0.2, 0) is 9.53 Å². The third-order valence-electron chi connectivity index (χ3n) is 1.98. The third-order valence-corrected chi connectivity index (χ3v) is 1.98. The first kappa shape index (κ1) is 8.53. The molecule has 0 aliphatic carbocycles. The highest BCUT2D eigenvalue weighted by Crippen LogP contribution is 2.17. The van der Waals surface area contributed by atoms with Gasteiger partial charge in [0.25, 0.3) is 0 Å². The van der Waals surface area contributed by atoms with Crippen molar-refractivity contribution in [1.82, 2.24) is 0 Å². The number of esters is 1. The summed E-state index contributed by atoms with van der Waals surface area (Å²) in [5, 5.41) is 0. The highest BCUT2D eigenvalue weighted by Gasteiger charge is 2.30. The zero-order chi connectivity index (χ0) is 8.27. The van der Waals surface area contributed by atoms with Gasteiger partial charge in [0.1, 0.15) is 12.1 Å². The Morgan fingerprint density at radius 3 is 2.91 bits per heavy atom. The predicted molar refractivity (Wildman–Crippen MR) is 42.0 cm³/mol. The summed E-state index contributed by atoms with van der Waals surface area (Å²) in [6, 6.07) is -0.364. The fourth-order valence-corrected chi connectivity index (χ4v) is 1.29. The molecule has 0 saturated carbocycles. The molecule has 0 unspecified atom stereocenters. The zero-order valence-corrected chi connectivity index (χ0v) is 6.88. The van der Waals surface area contributed by atoms with Crippen molar-refractivity contribution in [3.05, 3.63) is 0 Å². The molecule has 1 aliphatic rings. The van der Waals surface area contributed by atoms with E-state index in [4.69, 9.17) is 10.5 Å². The van der Waals surface area contributed by atoms with Crippen molar-refractivity contribution >= 4 is 5.97 Å². The van der Waals surface area contributed by atoms with Crippen molar-refractivity contribution in [2.45, 2.75) is 44.8 Å². The largest absolute Gasteiger partial charge is 0.461 e. The number of rotatable bonds is 3. The molecule has 0 spiro atoms. The number of cyclic esters (lactones) is 1. The Morgan fingerprint density at radius 1 is 1.73 bits per heavy atom. The van der Waals surface area contributed by atoms with Crippen LogP contribution in [0.1, 0.15) is 32.6 Å². The van der Waals surface area contributed by atoms with E-state index < -0.39 is 0 Å². The van der Waals surface area contributed by atoms with Crippen molar-refractivity contribution < 1.29 is 9.53 Å². The van der Waals surface area contributed by atoms with Crippen LogP contribution in [-0.4, -0.2) is 18.1 Å². The SMILES string of the molecule is CCCC[C@@H]1C[C@@H](N)C(=O)O1. The van der Waals surface area contributed by atoms with Gasteiger partial charge in [0, 0.05) is 6.42 Å². The van der Waals surface area contributed by atoms with Crippen LogP contribution < -0.4 is 5.73 Å². The highest BCUT2D eigenvalue weighted by molar-refractivity contribution is 5.77. The van der Waals surface area contributed by atoms with Crippen LogP contribution in [0.15, 0.2) is 0 Å². The first-order chi connectivity index (χ1) is 5.24. The lowest BCUT2D eigenvalue weighted by Gasteiger charge is -2.05. The number of carbonyl (C=O) groups is 1. The van der Waals surface area contributed by atoms with Gasteiger partial charge in [0.15, 0.2) is 0 Å². The quantitative estimate of drug-likeness (QED) is 0.617. The normalized spacial score (nSPS) is 30.5. The lowest BCUT2D eigenvalue weighted by molar-refractivity contribution is -0.142. The van der Waals surface area contributed by atoms with E-state index in [9.17, 15) is 4.79 Å². The number of ether oxygens (including phenoxy) is 1. The average molecular weight is 157 g/mol. The second kappa shape index (κ2) is 3.72. The topological polar surface area (TPSA) is 52.3 Å². The smallest absolute Gasteiger partial charge is 0.323 e. The van der Waals surface area contributed by atoms with Crippen LogP contribution in [0.5, 0.6) is 0 Å². The molecular weight excluding hydrogens is 142 g/mol. The zero-order valence-electron chi connectivity index (χ0n) is 6.88. The summed E-state index contributed by atoms with van der Waals surface area (Å²) in [5.41, 5.74) is 5.47. The van der Waals surface area contributed by atoms with E-state index in [-0.39, 0.29) is 18.1 Å². The van der Waals surface area contributed by atoms with Gasteiger partial charge < -0.3 is 10.5 Å². The van der Waals surface area contributed by atoms with Crippen molar-refractivity contribution in [1.29, 1.82) is 0 Å². The Bertz CT molecular complexity index is 147. The van der Waals surface area contributed by atoms with Crippen molar-refractivity contribution in [2.24, 2.45) is 5.73 Å². The first-order valence-corrected chi connectivity index (χ1v) is 4.20. The maximum absolute atomic E-state index is 10.8. The monoisotopic (exact) mass is 157 g/mol. The van der Waals surface area contributed by atoms with Gasteiger partial charge in [-0.3, -0.25) is 4.79 Å². The Hall–Kier alpha value is -0.570. The molecule has 2 N–H and O–H groups in total. The number of nitrogens with two attached hydrogens (primary N) is 1. The minimum absolute atomic E-state index is 0.0949. The molecule has 0 aromatic heterocycles. The fourth-order valence-electron chi connectivity index (χ4n) is 1.29. The molecule has 0 bridgehead atoms. The van der Waals surface area contributed by atoms with Crippen LogP contribution in [0.3, 0.4) is 0 Å². The molecule has 0 amide bonds. The maximum Gasteiger partial charge on any atom is 0.323 e. The Labute approximate surface area is 66.9 Å². The molecule has 64 valence electrons. The van der Waals surface area contributed by atoms with Gasteiger partial charge in [-0.15, -0.1) is 0 Å². The Balaban J connectivity index is 2.24. The lowest BCUT2D eigenvalue weighted by Crippen LogP contribution is -2.24. The first-order valence-electron chi connectivity index (χ1n) is 4.20. The molecule has 0 aromatic rings. The fraction of sp³-hybridized carbons (Fsp3) is 0.875. The molecule has 1 saturated heterocycles. The molecular formula is C8H15NO2. The van der Waals surface area contributed by atoms with Crippen LogP contribution in [0.25, 0.3) is 0 Å². The van der Waals surface area contributed by atoms with E-state index in [0.717, 1.165) is 19.3 Å². The van der Waals surface area contributed by atoms with Gasteiger partial charge >= 0.3 is 5.97 Å². The van der Waals surface area contributed by atoms with Gasteiger partial charge in [-0.2, -0.15) is 0 Å². The standard InChI is InChI=1S/C8H15NO2/c1-2-3-4-6-5-7(9)8(10)11-6/h6-7H,2-5,9H2,1H3/t6-,7-/m1/s1. The summed E-state index contributed by atoms with van der Waals surface area (Å²) >= 11 is 0. The van der Waals surface area contributed by atoms with Crippen molar-refractivity contribution in [3.8, 4) is 0 Å². The van der Waals surface area contributed by atoms with Gasteiger partial charge in [0.05, 0.1) is 0 Å².